The molecule has 1 aliphatic rings. The van der Waals surface area contributed by atoms with Gasteiger partial charge in [-0.3, -0.25) is 4.79 Å². The Bertz CT molecular complexity index is 482. The van der Waals surface area contributed by atoms with Crippen LogP contribution >= 0.6 is 12.2 Å². The topological polar surface area (TPSA) is 58.4 Å². The van der Waals surface area contributed by atoms with Crippen LogP contribution in [0.2, 0.25) is 0 Å². The zero-order chi connectivity index (χ0) is 14.5. The lowest BCUT2D eigenvalue weighted by Crippen LogP contribution is -2.29. The molecular weight excluding hydrogens is 270 g/mol. The Hall–Kier alpha value is -1.46. The van der Waals surface area contributed by atoms with Gasteiger partial charge in [0.05, 0.1) is 0 Å². The second-order valence-electron chi connectivity index (χ2n) is 5.10. The minimum absolute atomic E-state index is 0.0483. The van der Waals surface area contributed by atoms with Crippen molar-refractivity contribution in [3.63, 3.8) is 0 Å². The molecule has 3 N–H and O–H groups in total. The highest BCUT2D eigenvalue weighted by molar-refractivity contribution is 7.80. The van der Waals surface area contributed by atoms with E-state index in [-0.39, 0.29) is 5.91 Å². The molecule has 1 amide bonds. The van der Waals surface area contributed by atoms with Crippen LogP contribution in [0.15, 0.2) is 24.3 Å². The van der Waals surface area contributed by atoms with Gasteiger partial charge in [-0.1, -0.05) is 19.1 Å². The van der Waals surface area contributed by atoms with Crippen LogP contribution in [0.25, 0.3) is 0 Å². The van der Waals surface area contributed by atoms with E-state index in [0.717, 1.165) is 24.3 Å². The van der Waals surface area contributed by atoms with Gasteiger partial charge in [0.2, 0.25) is 5.91 Å². The fourth-order valence-electron chi connectivity index (χ4n) is 2.23. The molecule has 5 heteroatoms. The van der Waals surface area contributed by atoms with Crippen LogP contribution < -0.4 is 11.1 Å². The highest BCUT2D eigenvalue weighted by Gasteiger charge is 2.27. The van der Waals surface area contributed by atoms with E-state index in [1.165, 1.54) is 12.8 Å². The zero-order valence-corrected chi connectivity index (χ0v) is 12.6. The van der Waals surface area contributed by atoms with Crippen LogP contribution in [0.3, 0.4) is 0 Å². The fraction of sp³-hybridized carbons (Fsp3) is 0.467. The summed E-state index contributed by atoms with van der Waals surface area (Å²) in [6, 6.07) is 7.99. The summed E-state index contributed by atoms with van der Waals surface area (Å²) >= 11 is 4.89. The Morgan fingerprint density at radius 2 is 2.05 bits per heavy atom. The lowest BCUT2D eigenvalue weighted by molar-refractivity contribution is -0.116. The van der Waals surface area contributed by atoms with Gasteiger partial charge in [0.25, 0.3) is 0 Å². The summed E-state index contributed by atoms with van der Waals surface area (Å²) in [5.74, 6) is 0.0483. The number of nitrogens with one attached hydrogen (secondary N) is 1. The monoisotopic (exact) mass is 291 g/mol. The molecule has 1 saturated carbocycles. The lowest BCUT2D eigenvalue weighted by Gasteiger charge is -2.19. The normalized spacial score (nSPS) is 14.3. The number of rotatable bonds is 7. The van der Waals surface area contributed by atoms with Crippen molar-refractivity contribution in [1.29, 1.82) is 0 Å². The molecule has 0 bridgehead atoms. The van der Waals surface area contributed by atoms with Crippen LogP contribution in [0, 0.1) is 0 Å². The third kappa shape index (κ3) is 4.28. The van der Waals surface area contributed by atoms with Crippen molar-refractivity contribution in [3.8, 4) is 0 Å². The highest BCUT2D eigenvalue weighted by Crippen LogP contribution is 2.26. The molecule has 0 aliphatic heterocycles. The summed E-state index contributed by atoms with van der Waals surface area (Å²) in [6.07, 6.45) is 3.08. The Balaban J connectivity index is 1.80. The number of hydrogen-bond acceptors (Lipinski definition) is 3. The maximum atomic E-state index is 11.9. The van der Waals surface area contributed by atoms with Crippen LogP contribution in [0.4, 0.5) is 5.69 Å². The van der Waals surface area contributed by atoms with Crippen LogP contribution in [0.5, 0.6) is 0 Å². The number of nitrogens with two attached hydrogens (primary N) is 1. The van der Waals surface area contributed by atoms with E-state index in [0.29, 0.717) is 17.5 Å². The molecule has 0 radical (unpaired) electrons. The van der Waals surface area contributed by atoms with Crippen molar-refractivity contribution < 1.29 is 4.79 Å². The Morgan fingerprint density at radius 1 is 1.40 bits per heavy atom. The zero-order valence-electron chi connectivity index (χ0n) is 11.8. The second-order valence-corrected chi connectivity index (χ2v) is 5.54. The molecule has 0 unspecified atom stereocenters. The summed E-state index contributed by atoms with van der Waals surface area (Å²) in [6.45, 7) is 3.99. The van der Waals surface area contributed by atoms with Crippen molar-refractivity contribution in [3.05, 3.63) is 29.8 Å². The first kappa shape index (κ1) is 14.9. The number of thiocarbonyl (C=S) groups is 1. The summed E-state index contributed by atoms with van der Waals surface area (Å²) in [7, 11) is 0. The predicted molar refractivity (Wildman–Crippen MR) is 85.8 cm³/mol. The SMILES string of the molecule is CCN(CCC(=O)Nc1ccc(C(N)=S)cc1)C1CC1. The van der Waals surface area contributed by atoms with Gasteiger partial charge >= 0.3 is 0 Å². The first-order valence-electron chi connectivity index (χ1n) is 7.04. The van der Waals surface area contributed by atoms with Crippen LogP contribution in [-0.4, -0.2) is 34.9 Å². The summed E-state index contributed by atoms with van der Waals surface area (Å²) in [4.78, 5) is 14.6. The van der Waals surface area contributed by atoms with Crippen molar-refractivity contribution in [1.82, 2.24) is 4.90 Å². The average molecular weight is 291 g/mol. The number of amides is 1. The van der Waals surface area contributed by atoms with E-state index in [1.807, 2.05) is 24.3 Å². The van der Waals surface area contributed by atoms with Gasteiger partial charge in [-0.05, 0) is 43.7 Å². The van der Waals surface area contributed by atoms with Gasteiger partial charge in [0.15, 0.2) is 0 Å². The Morgan fingerprint density at radius 3 is 2.55 bits per heavy atom. The van der Waals surface area contributed by atoms with Crippen molar-refractivity contribution in [2.24, 2.45) is 5.73 Å². The highest BCUT2D eigenvalue weighted by atomic mass is 32.1. The Kier molecular flexibility index (Phi) is 5.09. The number of carbonyl (C=O) groups is 1. The molecule has 1 aromatic carbocycles. The quantitative estimate of drug-likeness (QED) is 0.756. The van der Waals surface area contributed by atoms with Gasteiger partial charge in [-0.2, -0.15) is 0 Å². The second kappa shape index (κ2) is 6.81. The Labute approximate surface area is 125 Å². The first-order chi connectivity index (χ1) is 9.60. The molecule has 0 spiro atoms. The van der Waals surface area contributed by atoms with Gasteiger partial charge in [0, 0.05) is 30.3 Å². The summed E-state index contributed by atoms with van der Waals surface area (Å²) in [5.41, 5.74) is 7.13. The number of anilines is 1. The van der Waals surface area contributed by atoms with Gasteiger partial charge in [-0.15, -0.1) is 0 Å². The molecule has 108 valence electrons. The third-order valence-electron chi connectivity index (χ3n) is 3.55. The maximum Gasteiger partial charge on any atom is 0.225 e. The predicted octanol–water partition coefficient (Wildman–Crippen LogP) is 2.13. The molecule has 0 atom stereocenters. The molecule has 1 aliphatic carbocycles. The van der Waals surface area contributed by atoms with E-state index in [4.69, 9.17) is 18.0 Å². The summed E-state index contributed by atoms with van der Waals surface area (Å²) in [5, 5.41) is 2.90. The average Bonchev–Trinajstić information content (AvgIpc) is 3.25. The number of hydrogen-bond donors (Lipinski definition) is 2. The molecule has 1 fully saturated rings. The first-order valence-corrected chi connectivity index (χ1v) is 7.44. The molecule has 0 saturated heterocycles. The van der Waals surface area contributed by atoms with E-state index < -0.39 is 0 Å². The van der Waals surface area contributed by atoms with E-state index in [1.54, 1.807) is 0 Å². The number of nitrogens with zero attached hydrogens (tertiary/aromatic N) is 1. The van der Waals surface area contributed by atoms with Crippen molar-refractivity contribution in [2.75, 3.05) is 18.4 Å². The van der Waals surface area contributed by atoms with Gasteiger partial charge in [0.1, 0.15) is 4.99 Å². The number of benzene rings is 1. The van der Waals surface area contributed by atoms with Crippen LogP contribution in [0.1, 0.15) is 31.7 Å². The third-order valence-corrected chi connectivity index (χ3v) is 3.78. The van der Waals surface area contributed by atoms with E-state index in [2.05, 4.69) is 17.1 Å². The van der Waals surface area contributed by atoms with Crippen molar-refractivity contribution >= 4 is 28.8 Å². The fourth-order valence-corrected chi connectivity index (χ4v) is 2.36. The molecule has 20 heavy (non-hydrogen) atoms. The maximum absolute atomic E-state index is 11.9. The molecule has 0 heterocycles. The van der Waals surface area contributed by atoms with Crippen LogP contribution in [-0.2, 0) is 4.79 Å². The number of carbonyl (C=O) groups excluding carboxylic acids is 1. The molecule has 2 rings (SSSR count). The lowest BCUT2D eigenvalue weighted by atomic mass is 10.2. The molecule has 0 aromatic heterocycles. The molecule has 4 nitrogen and oxygen atoms in total. The van der Waals surface area contributed by atoms with E-state index >= 15 is 0 Å². The van der Waals surface area contributed by atoms with Crippen molar-refractivity contribution in [2.45, 2.75) is 32.2 Å². The van der Waals surface area contributed by atoms with Gasteiger partial charge < -0.3 is 16.0 Å². The summed E-state index contributed by atoms with van der Waals surface area (Å²) < 4.78 is 0. The molecule has 1 aromatic rings. The largest absolute Gasteiger partial charge is 0.389 e. The minimum Gasteiger partial charge on any atom is -0.389 e. The minimum atomic E-state index is 0.0483. The standard InChI is InChI=1S/C15H21N3OS/c1-2-18(13-7-8-13)10-9-14(19)17-12-5-3-11(4-6-12)15(16)20/h3-6,13H,2,7-10H2,1H3,(H2,16,20)(H,17,19). The van der Waals surface area contributed by atoms with E-state index in [9.17, 15) is 4.79 Å². The van der Waals surface area contributed by atoms with Gasteiger partial charge in [-0.25, -0.2) is 0 Å². The smallest absolute Gasteiger partial charge is 0.225 e. The molecular formula is C15H21N3OS.